The summed E-state index contributed by atoms with van der Waals surface area (Å²) in [6.45, 7) is 8.35. The first-order chi connectivity index (χ1) is 15.6. The van der Waals surface area contributed by atoms with Crippen LogP contribution < -0.4 is 16.0 Å². The van der Waals surface area contributed by atoms with Crippen LogP contribution in [0.2, 0.25) is 0 Å². The molecule has 0 radical (unpaired) electrons. The van der Waals surface area contributed by atoms with E-state index >= 15 is 0 Å². The second-order valence-electron chi connectivity index (χ2n) is 8.84. The number of amides is 2. The number of carbonyl (C=O) groups excluding carboxylic acids is 2. The van der Waals surface area contributed by atoms with Crippen LogP contribution in [0.3, 0.4) is 0 Å². The quantitative estimate of drug-likeness (QED) is 0.404. The van der Waals surface area contributed by atoms with Gasteiger partial charge in [0.2, 0.25) is 5.91 Å². The van der Waals surface area contributed by atoms with Crippen LogP contribution in [0, 0.1) is 15.5 Å². The summed E-state index contributed by atoms with van der Waals surface area (Å²) in [6, 6.07) is 11.5. The molecule has 33 heavy (non-hydrogen) atoms. The van der Waals surface area contributed by atoms with Gasteiger partial charge in [-0.3, -0.25) is 19.7 Å². The number of ether oxygens (including phenoxy) is 1. The number of rotatable bonds is 8. The van der Waals surface area contributed by atoms with Crippen molar-refractivity contribution in [2.75, 3.05) is 23.8 Å². The van der Waals surface area contributed by atoms with Crippen molar-refractivity contribution >= 4 is 28.9 Å². The molecule has 0 fully saturated rings. The number of hydrogen-bond donors (Lipinski definition) is 3. The fourth-order valence-corrected chi connectivity index (χ4v) is 3.96. The van der Waals surface area contributed by atoms with Crippen LogP contribution in [0.15, 0.2) is 42.5 Å². The van der Waals surface area contributed by atoms with Gasteiger partial charge in [-0.25, -0.2) is 0 Å². The van der Waals surface area contributed by atoms with E-state index in [9.17, 15) is 19.7 Å². The van der Waals surface area contributed by atoms with Gasteiger partial charge < -0.3 is 20.7 Å². The third-order valence-corrected chi connectivity index (χ3v) is 5.86. The molecule has 1 aliphatic heterocycles. The minimum absolute atomic E-state index is 0.0227. The van der Waals surface area contributed by atoms with E-state index in [1.165, 1.54) is 13.0 Å². The van der Waals surface area contributed by atoms with Crippen LogP contribution in [0.4, 0.5) is 17.1 Å². The first-order valence-corrected chi connectivity index (χ1v) is 10.9. The summed E-state index contributed by atoms with van der Waals surface area (Å²) in [4.78, 5) is 34.6. The highest BCUT2D eigenvalue weighted by molar-refractivity contribution is 5.95. The molecule has 2 aromatic carbocycles. The Hall–Kier alpha value is -3.46. The van der Waals surface area contributed by atoms with E-state index in [2.05, 4.69) is 29.8 Å². The largest absolute Gasteiger partial charge is 0.381 e. The number of fused-ring (bicyclic) bond motifs is 1. The summed E-state index contributed by atoms with van der Waals surface area (Å²) in [5, 5.41) is 20.3. The van der Waals surface area contributed by atoms with E-state index in [1.807, 2.05) is 6.92 Å². The zero-order valence-corrected chi connectivity index (χ0v) is 19.3. The number of nitrogens with one attached hydrogen (secondary N) is 3. The van der Waals surface area contributed by atoms with Gasteiger partial charge in [0.1, 0.15) is 0 Å². The maximum atomic E-state index is 12.7. The Balaban J connectivity index is 1.69. The van der Waals surface area contributed by atoms with Gasteiger partial charge >= 0.3 is 0 Å². The number of nitrogens with zero attached hydrogens (tertiary/aromatic N) is 1. The first kappa shape index (κ1) is 24.2. The van der Waals surface area contributed by atoms with Crippen molar-refractivity contribution in [1.29, 1.82) is 0 Å². The maximum Gasteiger partial charge on any atom is 0.269 e. The fraction of sp³-hybridized carbons (Fsp3) is 0.417. The molecule has 0 saturated heterocycles. The topological polar surface area (TPSA) is 123 Å². The molecular formula is C24H30N4O5. The van der Waals surface area contributed by atoms with E-state index in [4.69, 9.17) is 4.74 Å². The molecule has 0 aromatic heterocycles. The molecule has 1 heterocycles. The second kappa shape index (κ2) is 9.99. The van der Waals surface area contributed by atoms with Crippen molar-refractivity contribution < 1.29 is 19.2 Å². The monoisotopic (exact) mass is 454 g/mol. The van der Waals surface area contributed by atoms with Crippen LogP contribution in [-0.4, -0.2) is 35.9 Å². The highest BCUT2D eigenvalue weighted by atomic mass is 16.6. The van der Waals surface area contributed by atoms with E-state index < -0.39 is 4.92 Å². The summed E-state index contributed by atoms with van der Waals surface area (Å²) in [5.41, 5.74) is 2.42. The third kappa shape index (κ3) is 5.87. The normalized spacial score (nSPS) is 17.5. The van der Waals surface area contributed by atoms with Crippen LogP contribution in [-0.2, 0) is 9.53 Å². The van der Waals surface area contributed by atoms with Crippen molar-refractivity contribution in [1.82, 2.24) is 5.32 Å². The Bertz CT molecular complexity index is 1040. The standard InChI is InChI=1S/C24H30N4O5/c1-5-33-21-13-22(27-20-11-10-18(28(31)32)12-19(20)21)24(3,4)14-25-23(30)16-6-8-17(9-7-16)26-15(2)29/h6-12,21-22,27H,5,13-14H2,1-4H3,(H,25,30)(H,26,29). The molecule has 0 aliphatic carbocycles. The number of carbonyl (C=O) groups is 2. The number of non-ortho nitro benzene ring substituents is 1. The maximum absolute atomic E-state index is 12.7. The van der Waals surface area contributed by atoms with Gasteiger partial charge in [0.15, 0.2) is 0 Å². The van der Waals surface area contributed by atoms with Gasteiger partial charge in [-0.1, -0.05) is 13.8 Å². The van der Waals surface area contributed by atoms with Crippen molar-refractivity contribution in [3.05, 3.63) is 63.7 Å². The lowest BCUT2D eigenvalue weighted by molar-refractivity contribution is -0.385. The average molecular weight is 455 g/mol. The summed E-state index contributed by atoms with van der Waals surface area (Å²) >= 11 is 0. The molecule has 9 heteroatoms. The van der Waals surface area contributed by atoms with E-state index in [1.54, 1.807) is 36.4 Å². The zero-order chi connectivity index (χ0) is 24.2. The van der Waals surface area contributed by atoms with Gasteiger partial charge in [0, 0.05) is 66.2 Å². The Kier molecular flexibility index (Phi) is 7.33. The molecule has 0 saturated carbocycles. The highest BCUT2D eigenvalue weighted by Gasteiger charge is 2.37. The lowest BCUT2D eigenvalue weighted by Gasteiger charge is -2.41. The summed E-state index contributed by atoms with van der Waals surface area (Å²) in [6.07, 6.45) is 0.350. The van der Waals surface area contributed by atoms with Crippen LogP contribution >= 0.6 is 0 Å². The predicted octanol–water partition coefficient (Wildman–Crippen LogP) is 4.27. The van der Waals surface area contributed by atoms with E-state index in [0.717, 1.165) is 11.3 Å². The fourth-order valence-electron chi connectivity index (χ4n) is 3.96. The molecule has 3 rings (SSSR count). The summed E-state index contributed by atoms with van der Waals surface area (Å²) in [5.74, 6) is -0.374. The van der Waals surface area contributed by atoms with Gasteiger partial charge in [-0.2, -0.15) is 0 Å². The Morgan fingerprint density at radius 2 is 1.91 bits per heavy atom. The molecule has 2 amide bonds. The molecule has 2 unspecified atom stereocenters. The van der Waals surface area contributed by atoms with E-state index in [0.29, 0.717) is 30.8 Å². The SMILES string of the molecule is CCOC1CC(C(C)(C)CNC(=O)c2ccc(NC(C)=O)cc2)Nc2ccc([N+](=O)[O-])cc21. The van der Waals surface area contributed by atoms with Crippen molar-refractivity contribution in [2.45, 2.75) is 46.3 Å². The molecular weight excluding hydrogens is 424 g/mol. The molecule has 176 valence electrons. The van der Waals surface area contributed by atoms with Crippen LogP contribution in [0.1, 0.15) is 56.1 Å². The van der Waals surface area contributed by atoms with Crippen molar-refractivity contribution in [2.24, 2.45) is 5.41 Å². The van der Waals surface area contributed by atoms with Gasteiger partial charge in [-0.05, 0) is 43.7 Å². The van der Waals surface area contributed by atoms with Gasteiger partial charge in [-0.15, -0.1) is 0 Å². The first-order valence-electron chi connectivity index (χ1n) is 10.9. The minimum atomic E-state index is -0.405. The molecule has 2 atom stereocenters. The number of nitro groups is 1. The van der Waals surface area contributed by atoms with E-state index in [-0.39, 0.29) is 35.1 Å². The number of benzene rings is 2. The summed E-state index contributed by atoms with van der Waals surface area (Å²) < 4.78 is 5.92. The molecule has 2 aromatic rings. The van der Waals surface area contributed by atoms with Crippen LogP contribution in [0.25, 0.3) is 0 Å². The van der Waals surface area contributed by atoms with Crippen LogP contribution in [0.5, 0.6) is 0 Å². The number of hydrogen-bond acceptors (Lipinski definition) is 6. The molecule has 9 nitrogen and oxygen atoms in total. The molecule has 1 aliphatic rings. The second-order valence-corrected chi connectivity index (χ2v) is 8.84. The van der Waals surface area contributed by atoms with Crippen molar-refractivity contribution in [3.8, 4) is 0 Å². The van der Waals surface area contributed by atoms with Gasteiger partial charge in [0.25, 0.3) is 11.6 Å². The Labute approximate surface area is 193 Å². The van der Waals surface area contributed by atoms with Gasteiger partial charge in [0.05, 0.1) is 11.0 Å². The molecule has 3 N–H and O–H groups in total. The molecule has 0 bridgehead atoms. The minimum Gasteiger partial charge on any atom is -0.381 e. The Morgan fingerprint density at radius 3 is 2.52 bits per heavy atom. The number of nitro benzene ring substituents is 1. The zero-order valence-electron chi connectivity index (χ0n) is 19.3. The highest BCUT2D eigenvalue weighted by Crippen LogP contribution is 2.41. The Morgan fingerprint density at radius 1 is 1.21 bits per heavy atom. The number of anilines is 2. The summed E-state index contributed by atoms with van der Waals surface area (Å²) in [7, 11) is 0. The lowest BCUT2D eigenvalue weighted by Crippen LogP contribution is -2.47. The smallest absolute Gasteiger partial charge is 0.269 e. The average Bonchev–Trinajstić information content (AvgIpc) is 2.77. The predicted molar refractivity (Wildman–Crippen MR) is 126 cm³/mol. The van der Waals surface area contributed by atoms with Crippen molar-refractivity contribution in [3.63, 3.8) is 0 Å². The lowest BCUT2D eigenvalue weighted by atomic mass is 9.78. The third-order valence-electron chi connectivity index (χ3n) is 5.86. The molecule has 0 spiro atoms.